The number of hydrogen-bond donors (Lipinski definition) is 0. The highest BCUT2D eigenvalue weighted by molar-refractivity contribution is 5.82. The van der Waals surface area contributed by atoms with Crippen LogP contribution in [0.1, 0.15) is 11.1 Å². The second kappa shape index (κ2) is 3.81. The summed E-state index contributed by atoms with van der Waals surface area (Å²) in [4.78, 5) is 14.2. The van der Waals surface area contributed by atoms with Crippen molar-refractivity contribution in [3.8, 4) is 0 Å². The quantitative estimate of drug-likeness (QED) is 0.608. The van der Waals surface area contributed by atoms with Crippen molar-refractivity contribution < 1.29 is 4.79 Å². The van der Waals surface area contributed by atoms with Crippen LogP contribution in [-0.2, 0) is 11.2 Å². The zero-order valence-corrected chi connectivity index (χ0v) is 7.08. The van der Waals surface area contributed by atoms with E-state index in [4.69, 9.17) is 0 Å². The standard InChI is InChI=1S/C10H11NO/c1-8-3-5-9(6-4-8)7-10(12)11-2/h3-6H,2,7H2,1H3. The molecule has 2 nitrogen and oxygen atoms in total. The summed E-state index contributed by atoms with van der Waals surface area (Å²) >= 11 is 0. The van der Waals surface area contributed by atoms with Crippen LogP contribution < -0.4 is 0 Å². The molecule has 1 rings (SSSR count). The molecule has 0 fully saturated rings. The third kappa shape index (κ3) is 2.31. The van der Waals surface area contributed by atoms with E-state index in [1.165, 1.54) is 5.56 Å². The molecule has 0 aliphatic carbocycles. The van der Waals surface area contributed by atoms with Crippen molar-refractivity contribution in [3.63, 3.8) is 0 Å². The monoisotopic (exact) mass is 161 g/mol. The van der Waals surface area contributed by atoms with Gasteiger partial charge in [0.2, 0.25) is 5.91 Å². The Morgan fingerprint density at radius 2 is 2.00 bits per heavy atom. The van der Waals surface area contributed by atoms with Gasteiger partial charge >= 0.3 is 0 Å². The maximum atomic E-state index is 10.8. The molecule has 0 aromatic heterocycles. The zero-order valence-electron chi connectivity index (χ0n) is 7.08. The van der Waals surface area contributed by atoms with E-state index in [0.29, 0.717) is 6.42 Å². The van der Waals surface area contributed by atoms with E-state index in [2.05, 4.69) is 11.7 Å². The normalized spacial score (nSPS) is 9.42. The lowest BCUT2D eigenvalue weighted by Gasteiger charge is -1.96. The average Bonchev–Trinajstić information content (AvgIpc) is 2.09. The first-order valence-corrected chi connectivity index (χ1v) is 3.77. The van der Waals surface area contributed by atoms with E-state index in [-0.39, 0.29) is 5.91 Å². The van der Waals surface area contributed by atoms with Gasteiger partial charge < -0.3 is 0 Å². The molecule has 0 heterocycles. The van der Waals surface area contributed by atoms with Gasteiger partial charge in [0.15, 0.2) is 0 Å². The maximum Gasteiger partial charge on any atom is 0.249 e. The highest BCUT2D eigenvalue weighted by atomic mass is 16.1. The predicted octanol–water partition coefficient (Wildman–Crippen LogP) is 1.76. The summed E-state index contributed by atoms with van der Waals surface area (Å²) in [7, 11) is 0. The Morgan fingerprint density at radius 1 is 1.42 bits per heavy atom. The van der Waals surface area contributed by atoms with Crippen LogP contribution in [0.2, 0.25) is 0 Å². The number of amides is 1. The minimum absolute atomic E-state index is 0.182. The summed E-state index contributed by atoms with van der Waals surface area (Å²) in [5, 5.41) is 0. The number of rotatable bonds is 2. The van der Waals surface area contributed by atoms with Crippen LogP contribution >= 0.6 is 0 Å². The Labute approximate surface area is 71.9 Å². The first-order valence-electron chi connectivity index (χ1n) is 3.77. The van der Waals surface area contributed by atoms with Crippen molar-refractivity contribution >= 4 is 12.6 Å². The van der Waals surface area contributed by atoms with Crippen molar-refractivity contribution in [2.75, 3.05) is 0 Å². The highest BCUT2D eigenvalue weighted by Gasteiger charge is 1.98. The molecule has 2 heteroatoms. The summed E-state index contributed by atoms with van der Waals surface area (Å²) in [6.45, 7) is 5.19. The fourth-order valence-corrected chi connectivity index (χ4v) is 0.936. The van der Waals surface area contributed by atoms with Crippen LogP contribution in [0, 0.1) is 6.92 Å². The van der Waals surface area contributed by atoms with Gasteiger partial charge in [0.25, 0.3) is 0 Å². The smallest absolute Gasteiger partial charge is 0.249 e. The minimum atomic E-state index is -0.182. The van der Waals surface area contributed by atoms with Crippen LogP contribution in [0.15, 0.2) is 29.3 Å². The second-order valence-corrected chi connectivity index (χ2v) is 2.71. The van der Waals surface area contributed by atoms with Crippen molar-refractivity contribution in [1.29, 1.82) is 0 Å². The predicted molar refractivity (Wildman–Crippen MR) is 49.4 cm³/mol. The summed E-state index contributed by atoms with van der Waals surface area (Å²) in [5.41, 5.74) is 2.18. The first kappa shape index (κ1) is 8.65. The largest absolute Gasteiger partial charge is 0.272 e. The molecule has 0 atom stereocenters. The number of aryl methyl sites for hydroxylation is 1. The zero-order chi connectivity index (χ0) is 8.97. The fraction of sp³-hybridized carbons (Fsp3) is 0.200. The van der Waals surface area contributed by atoms with Crippen LogP contribution in [0.4, 0.5) is 0 Å². The van der Waals surface area contributed by atoms with E-state index in [9.17, 15) is 4.79 Å². The number of carbonyl (C=O) groups excluding carboxylic acids is 1. The lowest BCUT2D eigenvalue weighted by molar-refractivity contribution is -0.117. The number of nitrogens with zero attached hydrogens (tertiary/aromatic N) is 1. The highest BCUT2D eigenvalue weighted by Crippen LogP contribution is 2.04. The summed E-state index contributed by atoms with van der Waals surface area (Å²) in [6.07, 6.45) is 0.351. The molecule has 1 amide bonds. The minimum Gasteiger partial charge on any atom is -0.272 e. The van der Waals surface area contributed by atoms with Gasteiger partial charge in [0.1, 0.15) is 0 Å². The van der Waals surface area contributed by atoms with Crippen molar-refractivity contribution in [2.45, 2.75) is 13.3 Å². The summed E-state index contributed by atoms with van der Waals surface area (Å²) < 4.78 is 0. The molecule has 1 aromatic rings. The molecule has 0 aliphatic heterocycles. The van der Waals surface area contributed by atoms with Gasteiger partial charge in [-0.2, -0.15) is 0 Å². The topological polar surface area (TPSA) is 29.4 Å². The number of hydrogen-bond acceptors (Lipinski definition) is 1. The van der Waals surface area contributed by atoms with Gasteiger partial charge in [-0.1, -0.05) is 29.8 Å². The lowest BCUT2D eigenvalue weighted by atomic mass is 10.1. The van der Waals surface area contributed by atoms with Crippen LogP contribution in [0.5, 0.6) is 0 Å². The fourth-order valence-electron chi connectivity index (χ4n) is 0.936. The molecule has 62 valence electrons. The first-order chi connectivity index (χ1) is 5.72. The molecule has 0 bridgehead atoms. The summed E-state index contributed by atoms with van der Waals surface area (Å²) in [6, 6.07) is 7.81. The summed E-state index contributed by atoms with van der Waals surface area (Å²) in [5.74, 6) is -0.182. The third-order valence-corrected chi connectivity index (χ3v) is 1.65. The van der Waals surface area contributed by atoms with Crippen molar-refractivity contribution in [1.82, 2.24) is 0 Å². The number of carbonyl (C=O) groups is 1. The Kier molecular flexibility index (Phi) is 2.75. The van der Waals surface area contributed by atoms with Gasteiger partial charge in [0, 0.05) is 0 Å². The van der Waals surface area contributed by atoms with Crippen LogP contribution in [0.25, 0.3) is 0 Å². The molecule has 0 N–H and O–H groups in total. The van der Waals surface area contributed by atoms with Crippen molar-refractivity contribution in [2.24, 2.45) is 4.99 Å². The molecular formula is C10H11NO. The van der Waals surface area contributed by atoms with Gasteiger partial charge in [-0.05, 0) is 19.2 Å². The molecule has 0 saturated heterocycles. The SMILES string of the molecule is C=NC(=O)Cc1ccc(C)cc1. The van der Waals surface area contributed by atoms with Crippen LogP contribution in [-0.4, -0.2) is 12.6 Å². The van der Waals surface area contributed by atoms with E-state index < -0.39 is 0 Å². The Bertz CT molecular complexity index is 287. The number of aliphatic imine (C=N–C) groups is 1. The van der Waals surface area contributed by atoms with Gasteiger partial charge in [-0.25, -0.2) is 4.99 Å². The van der Waals surface area contributed by atoms with E-state index in [1.807, 2.05) is 31.2 Å². The third-order valence-electron chi connectivity index (χ3n) is 1.65. The van der Waals surface area contributed by atoms with Gasteiger partial charge in [-0.3, -0.25) is 4.79 Å². The molecule has 0 spiro atoms. The molecule has 0 unspecified atom stereocenters. The molecule has 12 heavy (non-hydrogen) atoms. The Balaban J connectivity index is 2.71. The maximum absolute atomic E-state index is 10.8. The molecular weight excluding hydrogens is 150 g/mol. The molecule has 0 radical (unpaired) electrons. The van der Waals surface area contributed by atoms with E-state index in [1.54, 1.807) is 0 Å². The average molecular weight is 161 g/mol. The lowest BCUT2D eigenvalue weighted by Crippen LogP contribution is -1.97. The van der Waals surface area contributed by atoms with E-state index in [0.717, 1.165) is 5.56 Å². The van der Waals surface area contributed by atoms with Crippen molar-refractivity contribution in [3.05, 3.63) is 35.4 Å². The van der Waals surface area contributed by atoms with E-state index >= 15 is 0 Å². The molecule has 0 aliphatic rings. The molecule has 0 saturated carbocycles. The van der Waals surface area contributed by atoms with Crippen LogP contribution in [0.3, 0.4) is 0 Å². The van der Waals surface area contributed by atoms with Gasteiger partial charge in [0.05, 0.1) is 6.42 Å². The Hall–Kier alpha value is -1.44. The molecule has 1 aromatic carbocycles. The second-order valence-electron chi connectivity index (χ2n) is 2.71. The van der Waals surface area contributed by atoms with Gasteiger partial charge in [-0.15, -0.1) is 0 Å². The number of benzene rings is 1. The Morgan fingerprint density at radius 3 is 2.50 bits per heavy atom.